The zero-order valence-corrected chi connectivity index (χ0v) is 16.3. The van der Waals surface area contributed by atoms with E-state index in [1.54, 1.807) is 0 Å². The van der Waals surface area contributed by atoms with Crippen molar-refractivity contribution >= 4 is 11.0 Å². The van der Waals surface area contributed by atoms with E-state index in [0.29, 0.717) is 6.54 Å². The predicted molar refractivity (Wildman–Crippen MR) is 109 cm³/mol. The Bertz CT molecular complexity index is 1280. The molecule has 7 nitrogen and oxygen atoms in total. The van der Waals surface area contributed by atoms with Gasteiger partial charge in [0.25, 0.3) is 0 Å². The van der Waals surface area contributed by atoms with Gasteiger partial charge in [-0.3, -0.25) is 9.67 Å². The fraction of sp³-hybridized carbons (Fsp3) is 0.182. The Morgan fingerprint density at radius 1 is 1.03 bits per heavy atom. The minimum Gasteiger partial charge on any atom is -0.361 e. The molecule has 0 radical (unpaired) electrons. The van der Waals surface area contributed by atoms with E-state index in [1.165, 1.54) is 5.56 Å². The lowest BCUT2D eigenvalue weighted by Gasteiger charge is -2.08. The van der Waals surface area contributed by atoms with Crippen LogP contribution in [0.5, 0.6) is 0 Å². The minimum atomic E-state index is 0.602. The van der Waals surface area contributed by atoms with Gasteiger partial charge in [0, 0.05) is 43.7 Å². The van der Waals surface area contributed by atoms with E-state index in [2.05, 4.69) is 38.0 Å². The second-order valence-corrected chi connectivity index (χ2v) is 7.18. The highest BCUT2D eigenvalue weighted by Crippen LogP contribution is 2.26. The largest absolute Gasteiger partial charge is 0.361 e. The maximum atomic E-state index is 5.28. The number of nitrogens with zero attached hydrogens (tertiary/aromatic N) is 6. The van der Waals surface area contributed by atoms with Crippen LogP contribution in [0.4, 0.5) is 0 Å². The molecule has 0 unspecified atom stereocenters. The molecule has 0 saturated heterocycles. The Balaban J connectivity index is 1.63. The van der Waals surface area contributed by atoms with Crippen LogP contribution >= 0.6 is 0 Å². The highest BCUT2D eigenvalue weighted by Gasteiger charge is 2.15. The van der Waals surface area contributed by atoms with Crippen LogP contribution in [-0.2, 0) is 20.0 Å². The maximum Gasteiger partial charge on any atom is 0.133 e. The average molecular weight is 384 g/mol. The Morgan fingerprint density at radius 3 is 2.62 bits per heavy atom. The SMILES string of the molecule is Cc1cc(Cn2c(Cc3ccncc3)nc3ccc(-c4cnn(C)c4)cc32)no1. The Labute approximate surface area is 167 Å². The molecule has 0 N–H and O–H groups in total. The second-order valence-electron chi connectivity index (χ2n) is 7.18. The van der Waals surface area contributed by atoms with Gasteiger partial charge in [-0.1, -0.05) is 11.2 Å². The van der Waals surface area contributed by atoms with Crippen LogP contribution < -0.4 is 0 Å². The molecule has 5 aromatic rings. The zero-order chi connectivity index (χ0) is 19.8. The number of rotatable bonds is 5. The molecule has 7 heteroatoms. The monoisotopic (exact) mass is 384 g/mol. The smallest absolute Gasteiger partial charge is 0.133 e. The van der Waals surface area contributed by atoms with Gasteiger partial charge in [0.2, 0.25) is 0 Å². The molecule has 5 rings (SSSR count). The van der Waals surface area contributed by atoms with Gasteiger partial charge in [-0.15, -0.1) is 0 Å². The summed E-state index contributed by atoms with van der Waals surface area (Å²) in [5.41, 5.74) is 6.26. The first-order valence-corrected chi connectivity index (χ1v) is 9.45. The summed E-state index contributed by atoms with van der Waals surface area (Å²) in [5.74, 6) is 1.78. The lowest BCUT2D eigenvalue weighted by molar-refractivity contribution is 0.389. The number of benzene rings is 1. The van der Waals surface area contributed by atoms with E-state index < -0.39 is 0 Å². The maximum absolute atomic E-state index is 5.28. The highest BCUT2D eigenvalue weighted by atomic mass is 16.5. The Kier molecular flexibility index (Phi) is 4.20. The summed E-state index contributed by atoms with van der Waals surface area (Å²) in [6.07, 6.45) is 8.23. The molecule has 0 saturated carbocycles. The Hall–Kier alpha value is -3.74. The van der Waals surface area contributed by atoms with E-state index in [0.717, 1.165) is 45.9 Å². The molecular weight excluding hydrogens is 364 g/mol. The number of hydrogen-bond acceptors (Lipinski definition) is 5. The summed E-state index contributed by atoms with van der Waals surface area (Å²) in [7, 11) is 1.92. The Morgan fingerprint density at radius 2 is 1.90 bits per heavy atom. The first-order chi connectivity index (χ1) is 14.2. The predicted octanol–water partition coefficient (Wildman–Crippen LogP) is 3.77. The molecule has 1 aromatic carbocycles. The molecule has 29 heavy (non-hydrogen) atoms. The molecule has 0 aliphatic heterocycles. The van der Waals surface area contributed by atoms with Gasteiger partial charge < -0.3 is 9.09 Å². The molecule has 4 heterocycles. The van der Waals surface area contributed by atoms with Gasteiger partial charge >= 0.3 is 0 Å². The molecule has 144 valence electrons. The molecule has 0 spiro atoms. The van der Waals surface area contributed by atoms with Crippen LogP contribution in [0.2, 0.25) is 0 Å². The standard InChI is InChI=1S/C22H20N6O/c1-15-9-19(26-29-15)14-28-21-11-17(18-12-24-27(2)13-18)3-4-20(21)25-22(28)10-16-5-7-23-8-6-16/h3-9,11-13H,10,14H2,1-2H3. The van der Waals surface area contributed by atoms with Crippen LogP contribution in [0.3, 0.4) is 0 Å². The van der Waals surface area contributed by atoms with Crippen molar-refractivity contribution in [2.24, 2.45) is 7.05 Å². The topological polar surface area (TPSA) is 74.6 Å². The number of imidazole rings is 1. The normalized spacial score (nSPS) is 11.4. The van der Waals surface area contributed by atoms with Gasteiger partial charge in [-0.05, 0) is 42.3 Å². The molecule has 4 aromatic heterocycles. The van der Waals surface area contributed by atoms with Crippen LogP contribution in [-0.4, -0.2) is 29.5 Å². The number of aryl methyl sites for hydroxylation is 2. The van der Waals surface area contributed by atoms with E-state index in [4.69, 9.17) is 9.51 Å². The van der Waals surface area contributed by atoms with Crippen molar-refractivity contribution in [3.05, 3.63) is 84.0 Å². The van der Waals surface area contributed by atoms with Crippen molar-refractivity contribution < 1.29 is 4.52 Å². The first-order valence-electron chi connectivity index (χ1n) is 9.45. The van der Waals surface area contributed by atoms with Crippen molar-refractivity contribution in [2.75, 3.05) is 0 Å². The van der Waals surface area contributed by atoms with Gasteiger partial charge in [0.05, 0.1) is 23.8 Å². The number of hydrogen-bond donors (Lipinski definition) is 0. The van der Waals surface area contributed by atoms with E-state index in [-0.39, 0.29) is 0 Å². The molecule has 0 aliphatic rings. The van der Waals surface area contributed by atoms with Crippen molar-refractivity contribution in [3.8, 4) is 11.1 Å². The molecule has 0 atom stereocenters. The van der Waals surface area contributed by atoms with Crippen LogP contribution in [0.25, 0.3) is 22.2 Å². The van der Waals surface area contributed by atoms with E-state index in [1.807, 2.05) is 61.6 Å². The van der Waals surface area contributed by atoms with E-state index >= 15 is 0 Å². The highest BCUT2D eigenvalue weighted by molar-refractivity contribution is 5.82. The molecule has 0 aliphatic carbocycles. The number of fused-ring (bicyclic) bond motifs is 1. The van der Waals surface area contributed by atoms with Gasteiger partial charge in [0.1, 0.15) is 17.3 Å². The quantitative estimate of drug-likeness (QED) is 0.461. The van der Waals surface area contributed by atoms with Gasteiger partial charge in [-0.2, -0.15) is 5.10 Å². The first kappa shape index (κ1) is 17.4. The summed E-state index contributed by atoms with van der Waals surface area (Å²) in [6.45, 7) is 2.51. The summed E-state index contributed by atoms with van der Waals surface area (Å²) in [4.78, 5) is 9.03. The fourth-order valence-corrected chi connectivity index (χ4v) is 3.57. The summed E-state index contributed by atoms with van der Waals surface area (Å²) < 4.78 is 9.30. The molecule has 0 amide bonds. The molecule has 0 fully saturated rings. The minimum absolute atomic E-state index is 0.602. The van der Waals surface area contributed by atoms with Crippen LogP contribution in [0.15, 0.2) is 65.7 Å². The lowest BCUT2D eigenvalue weighted by atomic mass is 10.1. The van der Waals surface area contributed by atoms with Crippen molar-refractivity contribution in [1.29, 1.82) is 0 Å². The third kappa shape index (κ3) is 3.42. The van der Waals surface area contributed by atoms with E-state index in [9.17, 15) is 0 Å². The van der Waals surface area contributed by atoms with Crippen molar-refractivity contribution in [2.45, 2.75) is 19.9 Å². The third-order valence-corrected chi connectivity index (χ3v) is 4.97. The van der Waals surface area contributed by atoms with Crippen LogP contribution in [0, 0.1) is 6.92 Å². The fourth-order valence-electron chi connectivity index (χ4n) is 3.57. The zero-order valence-electron chi connectivity index (χ0n) is 16.3. The van der Waals surface area contributed by atoms with Crippen molar-refractivity contribution in [1.82, 2.24) is 29.5 Å². The lowest BCUT2D eigenvalue weighted by Crippen LogP contribution is -2.06. The summed E-state index contributed by atoms with van der Waals surface area (Å²) in [6, 6.07) is 12.3. The second kappa shape index (κ2) is 7.01. The van der Waals surface area contributed by atoms with Gasteiger partial charge in [-0.25, -0.2) is 4.98 Å². The molecular formula is C22H20N6O. The van der Waals surface area contributed by atoms with Gasteiger partial charge in [0.15, 0.2) is 0 Å². The van der Waals surface area contributed by atoms with Crippen molar-refractivity contribution in [3.63, 3.8) is 0 Å². The average Bonchev–Trinajstić information content (AvgIpc) is 3.42. The summed E-state index contributed by atoms with van der Waals surface area (Å²) in [5, 5.41) is 8.48. The molecule has 0 bridgehead atoms. The number of pyridine rings is 1. The summed E-state index contributed by atoms with van der Waals surface area (Å²) >= 11 is 0. The van der Waals surface area contributed by atoms with Crippen LogP contribution in [0.1, 0.15) is 22.8 Å². The number of aromatic nitrogens is 6. The third-order valence-electron chi connectivity index (χ3n) is 4.97.